The van der Waals surface area contributed by atoms with Gasteiger partial charge in [0.25, 0.3) is 0 Å². The molecule has 0 heterocycles. The van der Waals surface area contributed by atoms with Crippen LogP contribution in [0.3, 0.4) is 0 Å². The number of amides is 3. The number of hydrogen-bond donors (Lipinski definition) is 0. The van der Waals surface area contributed by atoms with Crippen LogP contribution in [0.4, 0.5) is 4.79 Å². The number of carbonyl (C=O) groups is 2. The lowest BCUT2D eigenvalue weighted by Crippen LogP contribution is -2.45. The molecule has 0 aliphatic rings. The van der Waals surface area contributed by atoms with Crippen molar-refractivity contribution in [3.05, 3.63) is 0 Å². The maximum Gasteiger partial charge on any atom is 0.331 e. The molecule has 17 heavy (non-hydrogen) atoms. The van der Waals surface area contributed by atoms with Crippen LogP contribution >= 0.6 is 15.9 Å². The lowest BCUT2D eigenvalue weighted by atomic mass is 10.4. The fourth-order valence-electron chi connectivity index (χ4n) is 1.32. The number of carbonyl (C=O) groups excluding carboxylic acids is 2. The number of imide groups is 1. The maximum absolute atomic E-state index is 12.1. The predicted molar refractivity (Wildman–Crippen MR) is 72.6 cm³/mol. The Kier molecular flexibility index (Phi) is 8.66. The Morgan fingerprint density at radius 1 is 1.41 bits per heavy atom. The average molecular weight is 306 g/mol. The normalized spacial score (nSPS) is 11.2. The van der Waals surface area contributed by atoms with Crippen LogP contribution in [0.15, 0.2) is 4.99 Å². The second kappa shape index (κ2) is 9.15. The molecule has 0 spiro atoms. The van der Waals surface area contributed by atoms with E-state index in [1.807, 2.05) is 6.92 Å². The molecule has 0 saturated heterocycles. The second-order valence-corrected chi connectivity index (χ2v) is 4.34. The smallest absolute Gasteiger partial charge is 0.282 e. The maximum atomic E-state index is 12.1. The first-order chi connectivity index (χ1) is 8.12. The lowest BCUT2D eigenvalue weighted by molar-refractivity contribution is -0.115. The van der Waals surface area contributed by atoms with Crippen molar-refractivity contribution in [3.63, 3.8) is 0 Å². The van der Waals surface area contributed by atoms with Gasteiger partial charge in [-0.05, 0) is 19.8 Å². The number of alkyl halides is 1. The van der Waals surface area contributed by atoms with Gasteiger partial charge in [-0.1, -0.05) is 22.9 Å². The Morgan fingerprint density at radius 3 is 2.47 bits per heavy atom. The van der Waals surface area contributed by atoms with Gasteiger partial charge in [0, 0.05) is 25.5 Å². The van der Waals surface area contributed by atoms with Gasteiger partial charge in [0.2, 0.25) is 6.41 Å². The van der Waals surface area contributed by atoms with Crippen LogP contribution in [0.25, 0.3) is 0 Å². The van der Waals surface area contributed by atoms with Crippen molar-refractivity contribution in [3.8, 4) is 0 Å². The Labute approximate surface area is 111 Å². The van der Waals surface area contributed by atoms with Gasteiger partial charge in [-0.2, -0.15) is 0 Å². The van der Waals surface area contributed by atoms with E-state index in [1.165, 1.54) is 9.80 Å². The summed E-state index contributed by atoms with van der Waals surface area (Å²) >= 11 is 3.28. The minimum atomic E-state index is -0.300. The van der Waals surface area contributed by atoms with E-state index in [-0.39, 0.29) is 6.03 Å². The van der Waals surface area contributed by atoms with E-state index in [0.717, 1.165) is 18.2 Å². The number of urea groups is 1. The number of hydrogen-bond acceptors (Lipinski definition) is 3. The molecule has 0 radical (unpaired) electrons. The van der Waals surface area contributed by atoms with Gasteiger partial charge >= 0.3 is 6.03 Å². The molecule has 0 saturated carbocycles. The molecule has 6 heteroatoms. The van der Waals surface area contributed by atoms with Crippen LogP contribution in [0.5, 0.6) is 0 Å². The van der Waals surface area contributed by atoms with Crippen molar-refractivity contribution < 1.29 is 9.59 Å². The van der Waals surface area contributed by atoms with Crippen molar-refractivity contribution >= 4 is 34.2 Å². The number of halogens is 1. The monoisotopic (exact) mass is 305 g/mol. The van der Waals surface area contributed by atoms with E-state index in [1.54, 1.807) is 14.0 Å². The molecule has 0 atom stereocenters. The molecule has 0 bridgehead atoms. The zero-order valence-corrected chi connectivity index (χ0v) is 12.2. The van der Waals surface area contributed by atoms with Crippen molar-refractivity contribution in [2.24, 2.45) is 4.99 Å². The van der Waals surface area contributed by atoms with E-state index in [4.69, 9.17) is 0 Å². The van der Waals surface area contributed by atoms with Gasteiger partial charge < -0.3 is 0 Å². The van der Waals surface area contributed by atoms with Crippen LogP contribution in [0, 0.1) is 0 Å². The minimum absolute atomic E-state index is 0.300. The Hall–Kier alpha value is -0.910. The molecule has 0 fully saturated rings. The summed E-state index contributed by atoms with van der Waals surface area (Å²) in [6.45, 7) is 4.74. The van der Waals surface area contributed by atoms with Gasteiger partial charge in [-0.3, -0.25) is 19.6 Å². The quantitative estimate of drug-likeness (QED) is 0.327. The topological polar surface area (TPSA) is 53.0 Å². The summed E-state index contributed by atoms with van der Waals surface area (Å²) in [5, 5.41) is 0.763. The molecule has 0 N–H and O–H groups in total. The van der Waals surface area contributed by atoms with Crippen molar-refractivity contribution in [2.45, 2.75) is 26.7 Å². The Balaban J connectivity index is 4.72. The van der Waals surface area contributed by atoms with Crippen LogP contribution in [0.2, 0.25) is 0 Å². The molecule has 0 aromatic carbocycles. The molecule has 0 aliphatic heterocycles. The lowest BCUT2D eigenvalue weighted by Gasteiger charge is -2.26. The zero-order valence-electron chi connectivity index (χ0n) is 10.6. The highest BCUT2D eigenvalue weighted by Crippen LogP contribution is 2.03. The summed E-state index contributed by atoms with van der Waals surface area (Å²) < 4.78 is 0. The molecule has 0 aromatic rings. The van der Waals surface area contributed by atoms with Crippen LogP contribution < -0.4 is 0 Å². The predicted octanol–water partition coefficient (Wildman–Crippen LogP) is 2.11. The summed E-state index contributed by atoms with van der Waals surface area (Å²) in [5.74, 6) is 0.627. The SMILES string of the molecule is CCCN(C(=O)N(C=O)CCCBr)/C(C)=N\C. The van der Waals surface area contributed by atoms with Crippen molar-refractivity contribution in [1.29, 1.82) is 0 Å². The highest BCUT2D eigenvalue weighted by atomic mass is 79.9. The highest BCUT2D eigenvalue weighted by Gasteiger charge is 2.21. The fraction of sp³-hybridized carbons (Fsp3) is 0.727. The van der Waals surface area contributed by atoms with Gasteiger partial charge in [0.15, 0.2) is 0 Å². The minimum Gasteiger partial charge on any atom is -0.282 e. The third-order valence-corrected chi connectivity index (χ3v) is 2.86. The van der Waals surface area contributed by atoms with E-state index in [2.05, 4.69) is 20.9 Å². The van der Waals surface area contributed by atoms with Crippen LogP contribution in [-0.2, 0) is 4.79 Å². The number of amidine groups is 1. The molecule has 0 aromatic heterocycles. The van der Waals surface area contributed by atoms with E-state index in [0.29, 0.717) is 25.3 Å². The molecular weight excluding hydrogens is 286 g/mol. The summed E-state index contributed by atoms with van der Waals surface area (Å²) in [6, 6.07) is -0.300. The number of rotatable bonds is 6. The average Bonchev–Trinajstić information content (AvgIpc) is 2.35. The molecule has 0 rings (SSSR count). The molecular formula is C11H20BrN3O2. The second-order valence-electron chi connectivity index (χ2n) is 3.55. The summed E-state index contributed by atoms with van der Waals surface area (Å²) in [5.41, 5.74) is 0. The third kappa shape index (κ3) is 5.30. The first kappa shape index (κ1) is 16.1. The third-order valence-electron chi connectivity index (χ3n) is 2.30. The summed E-state index contributed by atoms with van der Waals surface area (Å²) in [7, 11) is 1.63. The molecule has 98 valence electrons. The highest BCUT2D eigenvalue weighted by molar-refractivity contribution is 9.09. The molecule has 0 unspecified atom stereocenters. The van der Waals surface area contributed by atoms with Crippen LogP contribution in [-0.4, -0.2) is 53.5 Å². The zero-order chi connectivity index (χ0) is 13.3. The molecule has 3 amide bonds. The van der Waals surface area contributed by atoms with Gasteiger partial charge in [-0.25, -0.2) is 4.79 Å². The Bertz CT molecular complexity index is 282. The molecule has 5 nitrogen and oxygen atoms in total. The van der Waals surface area contributed by atoms with E-state index >= 15 is 0 Å². The van der Waals surface area contributed by atoms with Crippen LogP contribution in [0.1, 0.15) is 26.7 Å². The van der Waals surface area contributed by atoms with Gasteiger partial charge in [-0.15, -0.1) is 0 Å². The summed E-state index contributed by atoms with van der Waals surface area (Å²) in [6.07, 6.45) is 2.15. The number of aliphatic imine (C=N–C) groups is 1. The van der Waals surface area contributed by atoms with Crippen molar-refractivity contribution in [1.82, 2.24) is 9.80 Å². The molecule has 0 aliphatic carbocycles. The van der Waals surface area contributed by atoms with E-state index < -0.39 is 0 Å². The fourth-order valence-corrected chi connectivity index (χ4v) is 1.57. The first-order valence-electron chi connectivity index (χ1n) is 5.65. The van der Waals surface area contributed by atoms with Gasteiger partial charge in [0.1, 0.15) is 5.84 Å². The van der Waals surface area contributed by atoms with Gasteiger partial charge in [0.05, 0.1) is 0 Å². The standard InChI is InChI=1S/C11H20BrN3O2/c1-4-7-15(10(2)13-3)11(17)14(9-16)8-5-6-12/h9H,4-8H2,1-3H3/b13-10-. The first-order valence-corrected chi connectivity index (χ1v) is 6.77. The Morgan fingerprint density at radius 2 is 2.06 bits per heavy atom. The summed E-state index contributed by atoms with van der Waals surface area (Å²) in [4.78, 5) is 29.7. The van der Waals surface area contributed by atoms with Crippen molar-refractivity contribution in [2.75, 3.05) is 25.5 Å². The number of nitrogens with zero attached hydrogens (tertiary/aromatic N) is 3. The van der Waals surface area contributed by atoms with E-state index in [9.17, 15) is 9.59 Å². The largest absolute Gasteiger partial charge is 0.331 e.